The fourth-order valence-corrected chi connectivity index (χ4v) is 4.88. The summed E-state index contributed by atoms with van der Waals surface area (Å²) < 4.78 is 0. The first-order chi connectivity index (χ1) is 15.2. The van der Waals surface area contributed by atoms with Crippen LogP contribution < -0.4 is 10.2 Å². The van der Waals surface area contributed by atoms with Gasteiger partial charge in [0.2, 0.25) is 11.8 Å². The van der Waals surface area contributed by atoms with Crippen molar-refractivity contribution in [3.63, 3.8) is 0 Å². The molecule has 1 unspecified atom stereocenters. The van der Waals surface area contributed by atoms with E-state index >= 15 is 0 Å². The Kier molecular flexibility index (Phi) is 7.05. The van der Waals surface area contributed by atoms with Crippen LogP contribution in [0, 0.1) is 0 Å². The SMILES string of the molecule is O=C(NCCCC(=O)N1CCc2ccccc21)C(Sc1ccccc1)c1ccccc1. The zero-order chi connectivity index (χ0) is 21.5. The van der Waals surface area contributed by atoms with E-state index in [4.69, 9.17) is 0 Å². The molecule has 0 fully saturated rings. The molecule has 5 heteroatoms. The number of amides is 2. The van der Waals surface area contributed by atoms with Gasteiger partial charge in [0.15, 0.2) is 0 Å². The maximum atomic E-state index is 13.0. The third-order valence-electron chi connectivity index (χ3n) is 5.39. The molecule has 31 heavy (non-hydrogen) atoms. The average Bonchev–Trinajstić information content (AvgIpc) is 3.25. The van der Waals surface area contributed by atoms with Gasteiger partial charge in [-0.25, -0.2) is 0 Å². The summed E-state index contributed by atoms with van der Waals surface area (Å²) in [6, 6.07) is 27.8. The van der Waals surface area contributed by atoms with Crippen LogP contribution in [0.4, 0.5) is 5.69 Å². The second kappa shape index (κ2) is 10.3. The second-order valence-electron chi connectivity index (χ2n) is 7.54. The molecule has 0 radical (unpaired) electrons. The zero-order valence-electron chi connectivity index (χ0n) is 17.4. The van der Waals surface area contributed by atoms with Crippen molar-refractivity contribution in [1.82, 2.24) is 5.32 Å². The number of carbonyl (C=O) groups excluding carboxylic acids is 2. The highest BCUT2D eigenvalue weighted by atomic mass is 32.2. The summed E-state index contributed by atoms with van der Waals surface area (Å²) >= 11 is 1.54. The quantitative estimate of drug-likeness (QED) is 0.404. The smallest absolute Gasteiger partial charge is 0.237 e. The van der Waals surface area contributed by atoms with E-state index in [9.17, 15) is 9.59 Å². The Balaban J connectivity index is 1.31. The first kappa shape index (κ1) is 21.2. The minimum absolute atomic E-state index is 0.0287. The third kappa shape index (κ3) is 5.36. The molecule has 0 bridgehead atoms. The first-order valence-corrected chi connectivity index (χ1v) is 11.5. The van der Waals surface area contributed by atoms with E-state index in [0.717, 1.165) is 29.1 Å². The topological polar surface area (TPSA) is 49.4 Å². The molecule has 0 saturated heterocycles. The minimum atomic E-state index is -0.329. The molecule has 1 N–H and O–H groups in total. The highest BCUT2D eigenvalue weighted by Crippen LogP contribution is 2.35. The number of carbonyl (C=O) groups is 2. The molecule has 4 nitrogen and oxygen atoms in total. The average molecular weight is 431 g/mol. The van der Waals surface area contributed by atoms with Crippen molar-refractivity contribution in [2.24, 2.45) is 0 Å². The molecule has 1 atom stereocenters. The van der Waals surface area contributed by atoms with Crippen LogP contribution in [-0.2, 0) is 16.0 Å². The minimum Gasteiger partial charge on any atom is -0.355 e. The number of nitrogens with zero attached hydrogens (tertiary/aromatic N) is 1. The molecule has 0 aliphatic carbocycles. The highest BCUT2D eigenvalue weighted by molar-refractivity contribution is 8.00. The zero-order valence-corrected chi connectivity index (χ0v) is 18.2. The summed E-state index contributed by atoms with van der Waals surface area (Å²) in [6.45, 7) is 1.23. The Morgan fingerprint density at radius 1 is 0.903 bits per heavy atom. The van der Waals surface area contributed by atoms with Crippen molar-refractivity contribution < 1.29 is 9.59 Å². The highest BCUT2D eigenvalue weighted by Gasteiger charge is 2.24. The van der Waals surface area contributed by atoms with Crippen LogP contribution in [0.3, 0.4) is 0 Å². The molecule has 1 heterocycles. The predicted octanol–water partition coefficient (Wildman–Crippen LogP) is 5.01. The molecule has 3 aromatic rings. The number of rotatable bonds is 8. The monoisotopic (exact) mass is 430 g/mol. The molecule has 158 valence electrons. The Bertz CT molecular complexity index is 1020. The molecule has 0 aromatic heterocycles. The molecule has 3 aromatic carbocycles. The number of anilines is 1. The van der Waals surface area contributed by atoms with E-state index in [-0.39, 0.29) is 17.1 Å². The van der Waals surface area contributed by atoms with E-state index in [0.29, 0.717) is 19.4 Å². The number of para-hydroxylation sites is 1. The lowest BCUT2D eigenvalue weighted by Gasteiger charge is -2.18. The maximum absolute atomic E-state index is 13.0. The Morgan fingerprint density at radius 3 is 2.35 bits per heavy atom. The van der Waals surface area contributed by atoms with E-state index < -0.39 is 0 Å². The standard InChI is InChI=1S/C26H26N2O2S/c29-24(28-19-17-20-10-7-8-15-23(20)28)16-9-18-27-26(30)25(21-11-3-1-4-12-21)31-22-13-5-2-6-14-22/h1-8,10-15,25H,9,16-19H2,(H,27,30). The molecule has 2 amide bonds. The fraction of sp³-hybridized carbons (Fsp3) is 0.231. The lowest BCUT2D eigenvalue weighted by Crippen LogP contribution is -2.32. The summed E-state index contributed by atoms with van der Waals surface area (Å²) in [4.78, 5) is 28.6. The van der Waals surface area contributed by atoms with Crippen LogP contribution >= 0.6 is 11.8 Å². The molecule has 0 saturated carbocycles. The van der Waals surface area contributed by atoms with Gasteiger partial charge in [-0.1, -0.05) is 66.7 Å². The summed E-state index contributed by atoms with van der Waals surface area (Å²) in [5.74, 6) is 0.0940. The first-order valence-electron chi connectivity index (χ1n) is 10.6. The molecular weight excluding hydrogens is 404 g/mol. The van der Waals surface area contributed by atoms with Crippen molar-refractivity contribution in [3.05, 3.63) is 96.1 Å². The lowest BCUT2D eigenvalue weighted by atomic mass is 10.1. The summed E-state index contributed by atoms with van der Waals surface area (Å²) in [5, 5.41) is 2.71. The third-order valence-corrected chi connectivity index (χ3v) is 6.66. The van der Waals surface area contributed by atoms with Gasteiger partial charge in [-0.2, -0.15) is 0 Å². The van der Waals surface area contributed by atoms with Crippen LogP contribution in [-0.4, -0.2) is 24.9 Å². The van der Waals surface area contributed by atoms with Gasteiger partial charge in [-0.3, -0.25) is 9.59 Å². The molecule has 1 aliphatic rings. The number of thioether (sulfide) groups is 1. The summed E-state index contributed by atoms with van der Waals surface area (Å²) in [6.07, 6.45) is 1.96. The largest absolute Gasteiger partial charge is 0.355 e. The number of fused-ring (bicyclic) bond motifs is 1. The van der Waals surface area contributed by atoms with Gasteiger partial charge in [-0.15, -0.1) is 11.8 Å². The summed E-state index contributed by atoms with van der Waals surface area (Å²) in [7, 11) is 0. The van der Waals surface area contributed by atoms with Gasteiger partial charge in [-0.05, 0) is 42.2 Å². The Morgan fingerprint density at radius 2 is 1.58 bits per heavy atom. The molecule has 1 aliphatic heterocycles. The number of benzene rings is 3. The van der Waals surface area contributed by atoms with Crippen molar-refractivity contribution in [3.8, 4) is 0 Å². The molecule has 0 spiro atoms. The van der Waals surface area contributed by atoms with Gasteiger partial charge in [0.1, 0.15) is 5.25 Å². The van der Waals surface area contributed by atoms with Crippen molar-refractivity contribution in [2.75, 3.05) is 18.0 Å². The van der Waals surface area contributed by atoms with Crippen molar-refractivity contribution in [1.29, 1.82) is 0 Å². The van der Waals surface area contributed by atoms with Gasteiger partial charge in [0.25, 0.3) is 0 Å². The van der Waals surface area contributed by atoms with E-state index in [1.165, 1.54) is 17.3 Å². The van der Waals surface area contributed by atoms with Crippen molar-refractivity contribution >= 4 is 29.3 Å². The van der Waals surface area contributed by atoms with Crippen LogP contribution in [0.2, 0.25) is 0 Å². The lowest BCUT2D eigenvalue weighted by molar-refractivity contribution is -0.121. The van der Waals surface area contributed by atoms with Gasteiger partial charge in [0.05, 0.1) is 0 Å². The Hall–Kier alpha value is -3.05. The van der Waals surface area contributed by atoms with Crippen molar-refractivity contribution in [2.45, 2.75) is 29.4 Å². The number of nitrogens with one attached hydrogen (secondary N) is 1. The van der Waals surface area contributed by atoms with Crippen LogP contribution in [0.15, 0.2) is 89.8 Å². The molecular formula is C26H26N2O2S. The molecule has 4 rings (SSSR count). The van der Waals surface area contributed by atoms with E-state index in [1.807, 2.05) is 83.8 Å². The second-order valence-corrected chi connectivity index (χ2v) is 8.72. The maximum Gasteiger partial charge on any atom is 0.237 e. The van der Waals surface area contributed by atoms with Crippen LogP contribution in [0.1, 0.15) is 29.2 Å². The van der Waals surface area contributed by atoms with Crippen LogP contribution in [0.25, 0.3) is 0 Å². The number of hydrogen-bond donors (Lipinski definition) is 1. The van der Waals surface area contributed by atoms with Gasteiger partial charge < -0.3 is 10.2 Å². The normalized spacial score (nSPS) is 13.5. The van der Waals surface area contributed by atoms with Crippen LogP contribution in [0.5, 0.6) is 0 Å². The van der Waals surface area contributed by atoms with Gasteiger partial charge >= 0.3 is 0 Å². The summed E-state index contributed by atoms with van der Waals surface area (Å²) in [5.41, 5.74) is 3.23. The Labute approximate surface area is 187 Å². The number of hydrogen-bond acceptors (Lipinski definition) is 3. The van der Waals surface area contributed by atoms with E-state index in [1.54, 1.807) is 0 Å². The predicted molar refractivity (Wildman–Crippen MR) is 126 cm³/mol. The van der Waals surface area contributed by atoms with E-state index in [2.05, 4.69) is 11.4 Å². The van der Waals surface area contributed by atoms with Gasteiger partial charge in [0, 0.05) is 30.1 Å². The fourth-order valence-electron chi connectivity index (χ4n) is 3.81.